The highest BCUT2D eigenvalue weighted by molar-refractivity contribution is 5.96. The summed E-state index contributed by atoms with van der Waals surface area (Å²) in [5.74, 6) is -5.25. The van der Waals surface area contributed by atoms with E-state index in [4.69, 9.17) is 4.74 Å². The number of nitrogens with one attached hydrogen (secondary N) is 4. The predicted octanol–water partition coefficient (Wildman–Crippen LogP) is 2.89. The van der Waals surface area contributed by atoms with Gasteiger partial charge in [-0.05, 0) is 56.9 Å². The van der Waals surface area contributed by atoms with Gasteiger partial charge in [0.2, 0.25) is 29.5 Å². The number of cyclic esters (lactones) is 1. The standard InChI is InChI=1S/C44H70N6O9/c1-13-26(5)37-29(8)34(51)21-20-28(7)44(58)59-35(22-25(3)4)40(54)46-31(10)42(56)50(12)33(23-32-18-16-15-17-19-32)43(57)49(11)24-36(52)47-38(27(6)14-2)41(55)45-30(9)39(53)48-37/h15-20,25-27,29-31,33-35,37-38,51H,13-14,21-24H2,1-12H3,(H,45,55)(H,46,54)(H,47,52)(H,48,53)/b28-20+/t26-,27?,29-,30+,31-,33+,34-,35+,37+,38?/m0/s1. The topological polar surface area (TPSA) is 204 Å². The van der Waals surface area contributed by atoms with Gasteiger partial charge in [0, 0.05) is 38.0 Å². The Labute approximate surface area is 350 Å². The van der Waals surface area contributed by atoms with E-state index in [9.17, 15) is 38.7 Å². The smallest absolute Gasteiger partial charge is 0.334 e. The first-order valence-corrected chi connectivity index (χ1v) is 20.9. The third-order valence-corrected chi connectivity index (χ3v) is 11.4. The Bertz CT molecular complexity index is 1640. The largest absolute Gasteiger partial charge is 0.449 e. The van der Waals surface area contributed by atoms with Crippen LogP contribution in [0.3, 0.4) is 0 Å². The van der Waals surface area contributed by atoms with Crippen molar-refractivity contribution < 1.29 is 43.4 Å². The molecule has 1 heterocycles. The van der Waals surface area contributed by atoms with Crippen molar-refractivity contribution in [3.05, 3.63) is 47.5 Å². The fraction of sp³-hybridized carbons (Fsp3) is 0.659. The first-order chi connectivity index (χ1) is 27.6. The molecular weight excluding hydrogens is 757 g/mol. The van der Waals surface area contributed by atoms with Crippen molar-refractivity contribution in [1.29, 1.82) is 0 Å². The molecule has 1 aromatic rings. The van der Waals surface area contributed by atoms with E-state index in [-0.39, 0.29) is 42.6 Å². The van der Waals surface area contributed by atoms with Crippen LogP contribution in [0.1, 0.15) is 100 Å². The fourth-order valence-corrected chi connectivity index (χ4v) is 6.92. The van der Waals surface area contributed by atoms with Crippen LogP contribution in [0.25, 0.3) is 0 Å². The number of benzene rings is 1. The van der Waals surface area contributed by atoms with E-state index in [2.05, 4.69) is 21.3 Å². The zero-order valence-electron chi connectivity index (χ0n) is 37.2. The molecule has 0 fully saturated rings. The van der Waals surface area contributed by atoms with Gasteiger partial charge in [0.15, 0.2) is 6.10 Å². The number of nitrogens with zero attached hydrogens (tertiary/aromatic N) is 2. The van der Waals surface area contributed by atoms with Crippen molar-refractivity contribution in [3.8, 4) is 0 Å². The lowest BCUT2D eigenvalue weighted by Gasteiger charge is -2.34. The maximum atomic E-state index is 14.1. The number of amides is 6. The van der Waals surface area contributed by atoms with Crippen LogP contribution in [0.2, 0.25) is 0 Å². The summed E-state index contributed by atoms with van der Waals surface area (Å²) in [6.07, 6.45) is 0.797. The molecule has 2 unspecified atom stereocenters. The Kier molecular flexibility index (Phi) is 20.2. The molecule has 5 N–H and O–H groups in total. The molecule has 1 aliphatic rings. The van der Waals surface area contributed by atoms with Crippen LogP contribution < -0.4 is 21.3 Å². The highest BCUT2D eigenvalue weighted by atomic mass is 16.5. The van der Waals surface area contributed by atoms with Gasteiger partial charge in [-0.25, -0.2) is 4.79 Å². The molecule has 0 saturated carbocycles. The van der Waals surface area contributed by atoms with Gasteiger partial charge >= 0.3 is 5.97 Å². The second kappa shape index (κ2) is 23.7. The van der Waals surface area contributed by atoms with Gasteiger partial charge in [0.05, 0.1) is 12.6 Å². The van der Waals surface area contributed by atoms with Gasteiger partial charge in [-0.3, -0.25) is 28.8 Å². The number of aliphatic hydroxyl groups is 1. The highest BCUT2D eigenvalue weighted by Gasteiger charge is 2.36. The number of hydrogen-bond acceptors (Lipinski definition) is 9. The minimum Gasteiger partial charge on any atom is -0.449 e. The van der Waals surface area contributed by atoms with Crippen molar-refractivity contribution in [2.75, 3.05) is 20.6 Å². The minimum absolute atomic E-state index is 0.0461. The number of esters is 1. The molecule has 2 rings (SSSR count). The maximum Gasteiger partial charge on any atom is 0.334 e. The van der Waals surface area contributed by atoms with Crippen LogP contribution in [0.4, 0.5) is 0 Å². The number of hydrogen-bond donors (Lipinski definition) is 5. The molecule has 15 nitrogen and oxygen atoms in total. The second-order valence-electron chi connectivity index (χ2n) is 16.7. The first-order valence-electron chi connectivity index (χ1n) is 20.9. The number of carbonyl (C=O) groups excluding carboxylic acids is 7. The zero-order valence-corrected chi connectivity index (χ0v) is 37.2. The Morgan fingerprint density at radius 3 is 1.95 bits per heavy atom. The molecule has 0 bridgehead atoms. The third kappa shape index (κ3) is 15.1. The summed E-state index contributed by atoms with van der Waals surface area (Å²) < 4.78 is 5.68. The molecule has 6 amide bonds. The summed E-state index contributed by atoms with van der Waals surface area (Å²) >= 11 is 0. The van der Waals surface area contributed by atoms with Crippen molar-refractivity contribution in [2.24, 2.45) is 23.7 Å². The second-order valence-corrected chi connectivity index (χ2v) is 16.7. The van der Waals surface area contributed by atoms with E-state index in [1.165, 1.54) is 50.7 Å². The number of carbonyl (C=O) groups is 7. The van der Waals surface area contributed by atoms with Gasteiger partial charge in [-0.15, -0.1) is 0 Å². The van der Waals surface area contributed by atoms with Crippen LogP contribution in [-0.2, 0) is 44.7 Å². The lowest BCUT2D eigenvalue weighted by atomic mass is 9.84. The lowest BCUT2D eigenvalue weighted by molar-refractivity contribution is -0.154. The normalized spacial score (nSPS) is 29.1. The molecule has 0 aliphatic carbocycles. The fourth-order valence-electron chi connectivity index (χ4n) is 6.92. The minimum atomic E-state index is -1.24. The summed E-state index contributed by atoms with van der Waals surface area (Å²) in [6, 6.07) is 4.26. The Hall–Kier alpha value is -4.79. The molecule has 1 aliphatic heterocycles. The van der Waals surface area contributed by atoms with E-state index in [1.807, 2.05) is 52.8 Å². The van der Waals surface area contributed by atoms with Crippen LogP contribution in [0.15, 0.2) is 42.0 Å². The summed E-state index contributed by atoms with van der Waals surface area (Å²) in [4.78, 5) is 98.3. The first kappa shape index (κ1) is 50.4. The molecule has 0 aromatic heterocycles. The summed E-state index contributed by atoms with van der Waals surface area (Å²) in [6.45, 7) is 17.2. The summed E-state index contributed by atoms with van der Waals surface area (Å²) in [7, 11) is 2.87. The number of aliphatic hydroxyl groups excluding tert-OH is 1. The summed E-state index contributed by atoms with van der Waals surface area (Å²) in [5, 5.41) is 22.5. The Balaban J connectivity index is 2.61. The van der Waals surface area contributed by atoms with Gasteiger partial charge in [0.25, 0.3) is 5.91 Å². The molecule has 0 spiro atoms. The predicted molar refractivity (Wildman–Crippen MR) is 225 cm³/mol. The number of ether oxygens (including phenoxy) is 1. The number of rotatable bonds is 8. The molecule has 10 atom stereocenters. The van der Waals surface area contributed by atoms with E-state index in [0.717, 1.165) is 5.56 Å². The van der Waals surface area contributed by atoms with Crippen LogP contribution >= 0.6 is 0 Å². The average Bonchev–Trinajstić information content (AvgIpc) is 3.20. The molecule has 0 radical (unpaired) electrons. The highest BCUT2D eigenvalue weighted by Crippen LogP contribution is 2.23. The molecule has 1 aromatic carbocycles. The van der Waals surface area contributed by atoms with Crippen molar-refractivity contribution in [2.45, 2.75) is 144 Å². The van der Waals surface area contributed by atoms with E-state index in [1.54, 1.807) is 26.0 Å². The van der Waals surface area contributed by atoms with Crippen LogP contribution in [-0.4, -0.2) is 119 Å². The summed E-state index contributed by atoms with van der Waals surface area (Å²) in [5.41, 5.74) is 0.911. The monoisotopic (exact) mass is 827 g/mol. The van der Waals surface area contributed by atoms with Gasteiger partial charge in [-0.2, -0.15) is 0 Å². The van der Waals surface area contributed by atoms with Gasteiger partial charge < -0.3 is 40.9 Å². The molecule has 330 valence electrons. The molecule has 15 heteroatoms. The van der Waals surface area contributed by atoms with Crippen molar-refractivity contribution in [1.82, 2.24) is 31.1 Å². The zero-order chi connectivity index (χ0) is 44.7. The van der Waals surface area contributed by atoms with Crippen LogP contribution in [0.5, 0.6) is 0 Å². The molecule has 59 heavy (non-hydrogen) atoms. The maximum absolute atomic E-state index is 14.1. The molecule has 0 saturated heterocycles. The van der Waals surface area contributed by atoms with Gasteiger partial charge in [-0.1, -0.05) is 97.7 Å². The third-order valence-electron chi connectivity index (χ3n) is 11.4. The van der Waals surface area contributed by atoms with Crippen LogP contribution in [0, 0.1) is 23.7 Å². The lowest BCUT2D eigenvalue weighted by Crippen LogP contribution is -2.58. The number of likely N-dealkylation sites (N-methyl/N-ethyl adjacent to an activating group) is 2. The van der Waals surface area contributed by atoms with E-state index >= 15 is 0 Å². The average molecular weight is 827 g/mol. The van der Waals surface area contributed by atoms with E-state index < -0.39 is 96.3 Å². The van der Waals surface area contributed by atoms with Crippen molar-refractivity contribution in [3.63, 3.8) is 0 Å². The Morgan fingerprint density at radius 1 is 0.780 bits per heavy atom. The van der Waals surface area contributed by atoms with E-state index in [0.29, 0.717) is 12.8 Å². The molecular formula is C44H70N6O9. The van der Waals surface area contributed by atoms with Gasteiger partial charge in [0.1, 0.15) is 24.2 Å². The SMILES string of the molecule is CCC(C)C1NC(=O)CN(C)C(=O)[C@@H](Cc2ccccc2)N(C)C(=O)[C@H](C)NC(=O)[C@@H](CC(C)C)OC(=O)/C(C)=C/C[C@H](O)[C@H](C)[C@@H]([C@@H](C)CC)NC(=O)[C@@H](C)NC1=O. The quantitative estimate of drug-likeness (QED) is 0.244. The van der Waals surface area contributed by atoms with Crippen molar-refractivity contribution >= 4 is 41.4 Å². The Morgan fingerprint density at radius 2 is 1.37 bits per heavy atom.